The maximum atomic E-state index is 5.84. The number of nitrogen functional groups attached to an aromatic ring is 1. The minimum Gasteiger partial charge on any atom is -0.491 e. The molecule has 0 saturated carbocycles. The summed E-state index contributed by atoms with van der Waals surface area (Å²) in [6.07, 6.45) is 1.66. The van der Waals surface area contributed by atoms with Crippen LogP contribution in [0.2, 0.25) is 0 Å². The smallest absolute Gasteiger partial charge is 0.262 e. The lowest BCUT2D eigenvalue weighted by Crippen LogP contribution is -1.97. The Bertz CT molecular complexity index is 568. The number of benzene rings is 1. The number of hydrogen-bond donors (Lipinski definition) is 1. The number of hydrogen-bond acceptors (Lipinski definition) is 4. The molecule has 0 saturated heterocycles. The number of rotatable bonds is 3. The van der Waals surface area contributed by atoms with E-state index in [9.17, 15) is 0 Å². The molecular weight excluding hydrogens is 228 g/mol. The number of methoxy groups -OCH3 is 1. The van der Waals surface area contributed by atoms with E-state index >= 15 is 0 Å². The van der Waals surface area contributed by atoms with Crippen LogP contribution in [-0.2, 0) is 0 Å². The molecule has 2 rings (SSSR count). The van der Waals surface area contributed by atoms with Gasteiger partial charge in [0.05, 0.1) is 7.11 Å². The summed E-state index contributed by atoms with van der Waals surface area (Å²) in [4.78, 5) is 4.16. The van der Waals surface area contributed by atoms with Crippen LogP contribution in [0, 0.1) is 13.8 Å². The van der Waals surface area contributed by atoms with E-state index in [4.69, 9.17) is 15.2 Å². The van der Waals surface area contributed by atoms with E-state index in [0.717, 1.165) is 22.6 Å². The van der Waals surface area contributed by atoms with E-state index in [1.807, 2.05) is 32.0 Å². The van der Waals surface area contributed by atoms with Gasteiger partial charge in [0.15, 0.2) is 5.75 Å². The van der Waals surface area contributed by atoms with Crippen LogP contribution >= 0.6 is 0 Å². The first kappa shape index (κ1) is 12.2. The molecule has 0 radical (unpaired) electrons. The monoisotopic (exact) mass is 244 g/mol. The Morgan fingerprint density at radius 1 is 1.11 bits per heavy atom. The molecule has 4 heteroatoms. The molecule has 2 aromatic rings. The molecule has 0 fully saturated rings. The van der Waals surface area contributed by atoms with Crippen molar-refractivity contribution in [3.8, 4) is 17.4 Å². The van der Waals surface area contributed by atoms with E-state index in [-0.39, 0.29) is 0 Å². The van der Waals surface area contributed by atoms with Crippen molar-refractivity contribution in [3.63, 3.8) is 0 Å². The van der Waals surface area contributed by atoms with E-state index < -0.39 is 0 Å². The van der Waals surface area contributed by atoms with Crippen molar-refractivity contribution in [1.82, 2.24) is 4.98 Å². The summed E-state index contributed by atoms with van der Waals surface area (Å²) in [6, 6.07) is 7.40. The van der Waals surface area contributed by atoms with Crippen LogP contribution in [0.1, 0.15) is 11.1 Å². The van der Waals surface area contributed by atoms with Gasteiger partial charge in [-0.05, 0) is 49.2 Å². The molecule has 4 nitrogen and oxygen atoms in total. The fourth-order valence-corrected chi connectivity index (χ4v) is 1.63. The molecule has 0 aliphatic rings. The number of aromatic nitrogens is 1. The van der Waals surface area contributed by atoms with Crippen molar-refractivity contribution in [2.45, 2.75) is 13.8 Å². The number of anilines is 1. The first-order chi connectivity index (χ1) is 8.61. The van der Waals surface area contributed by atoms with E-state index in [1.165, 1.54) is 0 Å². The Morgan fingerprint density at radius 3 is 2.61 bits per heavy atom. The second-order valence-electron chi connectivity index (χ2n) is 4.09. The molecule has 0 bridgehead atoms. The van der Waals surface area contributed by atoms with Gasteiger partial charge >= 0.3 is 0 Å². The first-order valence-electron chi connectivity index (χ1n) is 5.65. The molecule has 0 unspecified atom stereocenters. The van der Waals surface area contributed by atoms with Gasteiger partial charge in [0.25, 0.3) is 5.88 Å². The predicted octanol–water partition coefficient (Wildman–Crippen LogP) is 3.08. The van der Waals surface area contributed by atoms with Crippen molar-refractivity contribution in [2.24, 2.45) is 0 Å². The molecular formula is C14H16N2O2. The molecule has 0 aliphatic heterocycles. The van der Waals surface area contributed by atoms with E-state index in [2.05, 4.69) is 4.98 Å². The van der Waals surface area contributed by atoms with Crippen LogP contribution in [0.15, 0.2) is 30.5 Å². The van der Waals surface area contributed by atoms with Crippen LogP contribution in [0.4, 0.5) is 5.69 Å². The lowest BCUT2D eigenvalue weighted by atomic mass is 10.1. The van der Waals surface area contributed by atoms with Gasteiger partial charge in [-0.3, -0.25) is 0 Å². The third-order valence-electron chi connectivity index (χ3n) is 2.73. The molecule has 2 N–H and O–H groups in total. The highest BCUT2D eigenvalue weighted by atomic mass is 16.5. The first-order valence-corrected chi connectivity index (χ1v) is 5.65. The third-order valence-corrected chi connectivity index (χ3v) is 2.73. The standard InChI is InChI=1S/C14H16N2O2/c1-9-8-13(10(2)7-11(9)15)18-14-12(17-3)5-4-6-16-14/h4-8H,15H2,1-3H3. The molecule has 18 heavy (non-hydrogen) atoms. The molecule has 94 valence electrons. The van der Waals surface area contributed by atoms with Gasteiger partial charge in [-0.15, -0.1) is 0 Å². The van der Waals surface area contributed by atoms with E-state index in [1.54, 1.807) is 19.4 Å². The van der Waals surface area contributed by atoms with Gasteiger partial charge in [-0.25, -0.2) is 4.98 Å². The molecule has 0 atom stereocenters. The lowest BCUT2D eigenvalue weighted by molar-refractivity contribution is 0.369. The van der Waals surface area contributed by atoms with Crippen LogP contribution in [0.25, 0.3) is 0 Å². The van der Waals surface area contributed by atoms with Crippen LogP contribution < -0.4 is 15.2 Å². The minimum atomic E-state index is 0.451. The second-order valence-corrected chi connectivity index (χ2v) is 4.09. The normalized spacial score (nSPS) is 10.2. The maximum Gasteiger partial charge on any atom is 0.262 e. The van der Waals surface area contributed by atoms with Gasteiger partial charge in [-0.1, -0.05) is 0 Å². The number of nitrogens with two attached hydrogens (primary N) is 1. The summed E-state index contributed by atoms with van der Waals surface area (Å²) >= 11 is 0. The zero-order valence-electron chi connectivity index (χ0n) is 10.7. The predicted molar refractivity (Wildman–Crippen MR) is 71.2 cm³/mol. The summed E-state index contributed by atoms with van der Waals surface area (Å²) in [6.45, 7) is 3.89. The summed E-state index contributed by atoms with van der Waals surface area (Å²) in [7, 11) is 1.59. The Hall–Kier alpha value is -2.23. The van der Waals surface area contributed by atoms with Crippen molar-refractivity contribution < 1.29 is 9.47 Å². The Kier molecular flexibility index (Phi) is 3.37. The van der Waals surface area contributed by atoms with Crippen molar-refractivity contribution in [1.29, 1.82) is 0 Å². The van der Waals surface area contributed by atoms with Gasteiger partial charge in [-0.2, -0.15) is 0 Å². The number of aryl methyl sites for hydroxylation is 2. The summed E-state index contributed by atoms with van der Waals surface area (Å²) < 4.78 is 11.0. The molecule has 0 spiro atoms. The highest BCUT2D eigenvalue weighted by Gasteiger charge is 2.09. The summed E-state index contributed by atoms with van der Waals surface area (Å²) in [5.41, 5.74) is 8.54. The number of ether oxygens (including phenoxy) is 2. The second kappa shape index (κ2) is 4.96. The van der Waals surface area contributed by atoms with Crippen molar-refractivity contribution in [2.75, 3.05) is 12.8 Å². The van der Waals surface area contributed by atoms with Gasteiger partial charge in [0.1, 0.15) is 5.75 Å². The Labute approximate surface area is 106 Å². The fourth-order valence-electron chi connectivity index (χ4n) is 1.63. The Balaban J connectivity index is 2.37. The van der Waals surface area contributed by atoms with Gasteiger partial charge in [0, 0.05) is 11.9 Å². The minimum absolute atomic E-state index is 0.451. The zero-order chi connectivity index (χ0) is 13.1. The van der Waals surface area contributed by atoms with Gasteiger partial charge < -0.3 is 15.2 Å². The summed E-state index contributed by atoms with van der Waals surface area (Å²) in [5.74, 6) is 1.79. The average Bonchev–Trinajstić information content (AvgIpc) is 2.36. The fraction of sp³-hybridized carbons (Fsp3) is 0.214. The third kappa shape index (κ3) is 2.37. The molecule has 0 aliphatic carbocycles. The molecule has 1 aromatic heterocycles. The Morgan fingerprint density at radius 2 is 1.89 bits per heavy atom. The molecule has 1 aromatic carbocycles. The SMILES string of the molecule is COc1cccnc1Oc1cc(C)c(N)cc1C. The molecule has 1 heterocycles. The lowest BCUT2D eigenvalue weighted by Gasteiger charge is -2.12. The van der Waals surface area contributed by atoms with Crippen molar-refractivity contribution in [3.05, 3.63) is 41.6 Å². The molecule has 0 amide bonds. The summed E-state index contributed by atoms with van der Waals surface area (Å²) in [5, 5.41) is 0. The van der Waals surface area contributed by atoms with Crippen molar-refractivity contribution >= 4 is 5.69 Å². The number of pyridine rings is 1. The van der Waals surface area contributed by atoms with Crippen LogP contribution in [0.5, 0.6) is 17.4 Å². The van der Waals surface area contributed by atoms with Gasteiger partial charge in [0.2, 0.25) is 0 Å². The quantitative estimate of drug-likeness (QED) is 0.843. The number of nitrogens with zero attached hydrogens (tertiary/aromatic N) is 1. The highest BCUT2D eigenvalue weighted by molar-refractivity contribution is 5.54. The largest absolute Gasteiger partial charge is 0.491 e. The van der Waals surface area contributed by atoms with E-state index in [0.29, 0.717) is 11.6 Å². The average molecular weight is 244 g/mol. The topological polar surface area (TPSA) is 57.4 Å². The zero-order valence-corrected chi connectivity index (χ0v) is 10.7. The highest BCUT2D eigenvalue weighted by Crippen LogP contribution is 2.32. The maximum absolute atomic E-state index is 5.84. The van der Waals surface area contributed by atoms with Crippen LogP contribution in [-0.4, -0.2) is 12.1 Å². The van der Waals surface area contributed by atoms with Crippen LogP contribution in [0.3, 0.4) is 0 Å².